The van der Waals surface area contributed by atoms with Crippen molar-refractivity contribution in [1.29, 1.82) is 0 Å². The second kappa shape index (κ2) is 6.12. The molecule has 0 unspecified atom stereocenters. The minimum Gasteiger partial charge on any atom is -0.348 e. The zero-order valence-electron chi connectivity index (χ0n) is 15.2. The van der Waals surface area contributed by atoms with Crippen molar-refractivity contribution in [3.63, 3.8) is 0 Å². The van der Waals surface area contributed by atoms with Crippen molar-refractivity contribution >= 4 is 5.91 Å². The first kappa shape index (κ1) is 16.9. The normalized spacial score (nSPS) is 32.0. The van der Waals surface area contributed by atoms with Gasteiger partial charge in [-0.1, -0.05) is 12.1 Å². The smallest absolute Gasteiger partial charge is 0.274 e. The van der Waals surface area contributed by atoms with Gasteiger partial charge in [-0.3, -0.25) is 9.69 Å². The fourth-order valence-corrected chi connectivity index (χ4v) is 5.44. The van der Waals surface area contributed by atoms with E-state index in [2.05, 4.69) is 14.9 Å². The molecule has 0 radical (unpaired) electrons. The largest absolute Gasteiger partial charge is 0.348 e. The van der Waals surface area contributed by atoms with Crippen molar-refractivity contribution in [3.8, 4) is 0 Å². The van der Waals surface area contributed by atoms with Crippen molar-refractivity contribution in [1.82, 2.24) is 19.8 Å². The van der Waals surface area contributed by atoms with Crippen molar-refractivity contribution in [2.75, 3.05) is 19.6 Å². The van der Waals surface area contributed by atoms with Gasteiger partial charge in [-0.05, 0) is 50.4 Å². The van der Waals surface area contributed by atoms with Gasteiger partial charge in [-0.2, -0.15) is 0 Å². The molecule has 0 aliphatic carbocycles. The van der Waals surface area contributed by atoms with Crippen LogP contribution in [0, 0.1) is 24.5 Å². The quantitative estimate of drug-likeness (QED) is 0.882. The third-order valence-corrected chi connectivity index (χ3v) is 6.67. The van der Waals surface area contributed by atoms with Crippen LogP contribution >= 0.6 is 0 Å². The Labute approximate surface area is 156 Å². The molecular weight excluding hydrogens is 350 g/mol. The third-order valence-electron chi connectivity index (χ3n) is 6.67. The third kappa shape index (κ3) is 2.44. The number of H-pyrrole nitrogens is 1. The number of hydrogen-bond acceptors (Lipinski definition) is 3. The molecule has 4 aliphatic heterocycles. The van der Waals surface area contributed by atoms with Gasteiger partial charge in [0.25, 0.3) is 5.91 Å². The first-order valence-electron chi connectivity index (χ1n) is 9.55. The summed E-state index contributed by atoms with van der Waals surface area (Å²) in [6.07, 6.45) is 3.61. The lowest BCUT2D eigenvalue weighted by Gasteiger charge is -2.51. The van der Waals surface area contributed by atoms with Gasteiger partial charge in [0.05, 0.1) is 12.4 Å². The Kier molecular flexibility index (Phi) is 3.82. The number of imidazole rings is 1. The number of aromatic amines is 1. The van der Waals surface area contributed by atoms with E-state index in [1.54, 1.807) is 12.1 Å². The summed E-state index contributed by atoms with van der Waals surface area (Å²) in [7, 11) is 0. The summed E-state index contributed by atoms with van der Waals surface area (Å²) < 4.78 is 28.5. The predicted octanol–water partition coefficient (Wildman–Crippen LogP) is 2.70. The number of fused-ring (bicyclic) bond motifs is 2. The minimum absolute atomic E-state index is 0.0313. The van der Waals surface area contributed by atoms with Gasteiger partial charge < -0.3 is 9.88 Å². The van der Waals surface area contributed by atoms with Crippen LogP contribution in [0.25, 0.3) is 0 Å². The van der Waals surface area contributed by atoms with Crippen LogP contribution in [-0.2, 0) is 0 Å². The number of piperidine rings is 3. The molecule has 2 bridgehead atoms. The molecular formula is C20H22F2N4O. The molecule has 1 aromatic carbocycles. The number of aromatic nitrogens is 2. The van der Waals surface area contributed by atoms with E-state index < -0.39 is 11.6 Å². The van der Waals surface area contributed by atoms with Gasteiger partial charge >= 0.3 is 0 Å². The van der Waals surface area contributed by atoms with E-state index in [4.69, 9.17) is 0 Å². The van der Waals surface area contributed by atoms with Crippen molar-refractivity contribution < 1.29 is 13.6 Å². The van der Waals surface area contributed by atoms with Crippen LogP contribution in [0.2, 0.25) is 0 Å². The van der Waals surface area contributed by atoms with E-state index in [9.17, 15) is 13.6 Å². The summed E-state index contributed by atoms with van der Waals surface area (Å²) in [5.74, 6) is -1.54. The first-order chi connectivity index (χ1) is 13.1. The van der Waals surface area contributed by atoms with Gasteiger partial charge in [0.2, 0.25) is 0 Å². The van der Waals surface area contributed by atoms with Gasteiger partial charge in [0.15, 0.2) is 11.6 Å². The van der Waals surface area contributed by atoms with Crippen LogP contribution in [0.4, 0.5) is 8.78 Å². The number of carbonyl (C=O) groups is 1. The summed E-state index contributed by atoms with van der Waals surface area (Å²) in [5, 5.41) is 0. The first-order valence-corrected chi connectivity index (χ1v) is 9.55. The highest BCUT2D eigenvalue weighted by atomic mass is 19.2. The van der Waals surface area contributed by atoms with Gasteiger partial charge in [0.1, 0.15) is 5.69 Å². The fourth-order valence-electron chi connectivity index (χ4n) is 5.44. The molecule has 27 heavy (non-hydrogen) atoms. The number of rotatable bonds is 2. The van der Waals surface area contributed by atoms with E-state index in [0.717, 1.165) is 37.7 Å². The Hall–Kier alpha value is -2.28. The number of amides is 1. The van der Waals surface area contributed by atoms with Gasteiger partial charge in [-0.15, -0.1) is 0 Å². The Bertz CT molecular complexity index is 890. The molecule has 1 N–H and O–H groups in total. The molecule has 1 aromatic heterocycles. The lowest BCUT2D eigenvalue weighted by atomic mass is 9.75. The molecule has 2 aromatic rings. The molecule has 7 heteroatoms. The van der Waals surface area contributed by atoms with Crippen LogP contribution in [0.1, 0.15) is 40.5 Å². The number of nitrogens with one attached hydrogen (secondary N) is 1. The monoisotopic (exact) mass is 372 g/mol. The number of aryl methyl sites for hydroxylation is 1. The zero-order valence-corrected chi connectivity index (χ0v) is 15.2. The van der Waals surface area contributed by atoms with E-state index in [1.165, 1.54) is 6.33 Å². The second-order valence-corrected chi connectivity index (χ2v) is 7.94. The minimum atomic E-state index is -0.826. The van der Waals surface area contributed by atoms with Crippen molar-refractivity contribution in [2.45, 2.75) is 37.8 Å². The number of nitrogens with zero attached hydrogens (tertiary/aromatic N) is 3. The SMILES string of the molecule is Cc1[nH]cnc1C(=O)N1C[C@H](c2cccc(F)c2F)[C@H]2[C@@H]1C1CCN2CC1. The topological polar surface area (TPSA) is 52.2 Å². The maximum Gasteiger partial charge on any atom is 0.274 e. The average Bonchev–Trinajstić information content (AvgIpc) is 3.30. The zero-order chi connectivity index (χ0) is 18.7. The van der Waals surface area contributed by atoms with E-state index in [1.807, 2.05) is 11.8 Å². The highest BCUT2D eigenvalue weighted by Crippen LogP contribution is 2.47. The number of hydrogen-bond donors (Lipinski definition) is 1. The van der Waals surface area contributed by atoms with Gasteiger partial charge in [0, 0.05) is 24.2 Å². The summed E-state index contributed by atoms with van der Waals surface area (Å²) in [5.41, 5.74) is 1.54. The Morgan fingerprint density at radius 2 is 2.00 bits per heavy atom. The molecule has 4 fully saturated rings. The summed E-state index contributed by atoms with van der Waals surface area (Å²) in [6.45, 7) is 4.15. The molecule has 4 saturated heterocycles. The molecule has 0 saturated carbocycles. The molecule has 1 amide bonds. The molecule has 5 heterocycles. The molecule has 142 valence electrons. The second-order valence-electron chi connectivity index (χ2n) is 7.94. The number of benzene rings is 1. The number of likely N-dealkylation sites (tertiary alicyclic amines) is 1. The molecule has 4 aliphatic rings. The lowest BCUT2D eigenvalue weighted by molar-refractivity contribution is -0.00377. The number of carbonyl (C=O) groups excluding carboxylic acids is 1. The Morgan fingerprint density at radius 3 is 2.70 bits per heavy atom. The average molecular weight is 372 g/mol. The Morgan fingerprint density at radius 1 is 1.22 bits per heavy atom. The van der Waals surface area contributed by atoms with Crippen molar-refractivity contribution in [2.24, 2.45) is 5.92 Å². The van der Waals surface area contributed by atoms with Crippen LogP contribution < -0.4 is 0 Å². The predicted molar refractivity (Wildman–Crippen MR) is 95.3 cm³/mol. The summed E-state index contributed by atoms with van der Waals surface area (Å²) in [6, 6.07) is 4.44. The van der Waals surface area contributed by atoms with Crippen LogP contribution in [0.5, 0.6) is 0 Å². The van der Waals surface area contributed by atoms with Crippen LogP contribution in [0.3, 0.4) is 0 Å². The molecule has 3 atom stereocenters. The Balaban J connectivity index is 1.57. The molecule has 6 rings (SSSR count). The standard InChI is InChI=1S/C20H22F2N4O/c1-11-17(24-10-23-11)20(27)26-9-14(13-3-2-4-15(21)16(13)22)19-18(26)12-5-7-25(19)8-6-12/h2-4,10,12,14,18-19H,5-9H2,1H3,(H,23,24)/t14-,18+,19+/m1/s1. The molecule has 5 nitrogen and oxygen atoms in total. The fraction of sp³-hybridized carbons (Fsp3) is 0.500. The maximum atomic E-state index is 14.6. The molecule has 0 spiro atoms. The van der Waals surface area contributed by atoms with E-state index >= 15 is 0 Å². The van der Waals surface area contributed by atoms with Crippen LogP contribution in [-0.4, -0.2) is 57.4 Å². The highest BCUT2D eigenvalue weighted by molar-refractivity contribution is 5.94. The van der Waals surface area contributed by atoms with E-state index in [0.29, 0.717) is 23.7 Å². The highest BCUT2D eigenvalue weighted by Gasteiger charge is 2.55. The maximum absolute atomic E-state index is 14.6. The summed E-state index contributed by atoms with van der Waals surface area (Å²) >= 11 is 0. The van der Waals surface area contributed by atoms with Gasteiger partial charge in [-0.25, -0.2) is 13.8 Å². The van der Waals surface area contributed by atoms with Crippen molar-refractivity contribution in [3.05, 3.63) is 53.1 Å². The summed E-state index contributed by atoms with van der Waals surface area (Å²) in [4.78, 5) is 24.6. The number of halogens is 2. The lowest BCUT2D eigenvalue weighted by Crippen LogP contribution is -2.60. The van der Waals surface area contributed by atoms with E-state index in [-0.39, 0.29) is 23.9 Å². The van der Waals surface area contributed by atoms with Crippen LogP contribution in [0.15, 0.2) is 24.5 Å².